The van der Waals surface area contributed by atoms with Gasteiger partial charge in [0.05, 0.1) is 23.3 Å². The highest BCUT2D eigenvalue weighted by atomic mass is 79.9. The van der Waals surface area contributed by atoms with Gasteiger partial charge in [-0.05, 0) is 47.0 Å². The van der Waals surface area contributed by atoms with Crippen molar-refractivity contribution in [2.75, 3.05) is 30.9 Å². The first-order chi connectivity index (χ1) is 10.1. The molecular weight excluding hydrogens is 334 g/mol. The molecule has 2 heterocycles. The molecule has 1 fully saturated rings. The lowest BCUT2D eigenvalue weighted by Crippen LogP contribution is -2.47. The molecule has 3 rings (SSSR count). The number of pyridine rings is 1. The monoisotopic (exact) mass is 351 g/mol. The molecule has 21 heavy (non-hydrogen) atoms. The summed E-state index contributed by atoms with van der Waals surface area (Å²) in [6, 6.07) is 5.74. The molecule has 0 saturated carbocycles. The molecule has 0 spiro atoms. The molecule has 1 aliphatic rings. The van der Waals surface area contributed by atoms with Gasteiger partial charge in [-0.15, -0.1) is 0 Å². The summed E-state index contributed by atoms with van der Waals surface area (Å²) in [5.74, 6) is 0. The Morgan fingerprint density at radius 3 is 2.86 bits per heavy atom. The van der Waals surface area contributed by atoms with Crippen LogP contribution >= 0.6 is 15.9 Å². The van der Waals surface area contributed by atoms with Crippen molar-refractivity contribution >= 4 is 38.2 Å². The molecule has 5 nitrogen and oxygen atoms in total. The number of aromatic nitrogens is 1. The Morgan fingerprint density at radius 2 is 2.14 bits per heavy atom. The number of nitrogens with zero attached hydrogens (tertiary/aromatic N) is 1. The van der Waals surface area contributed by atoms with Crippen LogP contribution < -0.4 is 11.1 Å². The summed E-state index contributed by atoms with van der Waals surface area (Å²) in [6.07, 6.45) is 3.29. The zero-order valence-electron chi connectivity index (χ0n) is 11.6. The highest BCUT2D eigenvalue weighted by Gasteiger charge is 2.32. The first-order valence-electron chi connectivity index (χ1n) is 6.94. The summed E-state index contributed by atoms with van der Waals surface area (Å²) in [6.45, 7) is 1.37. The molecule has 0 atom stereocenters. The molecule has 1 saturated heterocycles. The van der Waals surface area contributed by atoms with Crippen molar-refractivity contribution in [3.63, 3.8) is 0 Å². The van der Waals surface area contributed by atoms with Crippen molar-refractivity contribution in [3.8, 4) is 0 Å². The van der Waals surface area contributed by atoms with E-state index in [1.165, 1.54) is 0 Å². The lowest BCUT2D eigenvalue weighted by atomic mass is 9.90. The maximum Gasteiger partial charge on any atom is 0.0954 e. The SMILES string of the molecule is Nc1ccc(NC2(CO)CCOCC2)c2ncc(Br)cc12. The minimum Gasteiger partial charge on any atom is -0.398 e. The van der Waals surface area contributed by atoms with E-state index in [-0.39, 0.29) is 12.1 Å². The molecule has 0 aliphatic carbocycles. The van der Waals surface area contributed by atoms with E-state index in [1.54, 1.807) is 6.20 Å². The molecule has 0 radical (unpaired) electrons. The average Bonchev–Trinajstić information content (AvgIpc) is 2.51. The number of hydrogen-bond donors (Lipinski definition) is 3. The fourth-order valence-electron chi connectivity index (χ4n) is 2.69. The van der Waals surface area contributed by atoms with E-state index < -0.39 is 0 Å². The highest BCUT2D eigenvalue weighted by Crippen LogP contribution is 2.33. The number of ether oxygens (including phenoxy) is 1. The number of aliphatic hydroxyl groups excluding tert-OH is 1. The Labute approximate surface area is 131 Å². The Hall–Kier alpha value is -1.37. The van der Waals surface area contributed by atoms with Crippen LogP contribution in [0.25, 0.3) is 10.9 Å². The van der Waals surface area contributed by atoms with E-state index in [2.05, 4.69) is 26.2 Å². The predicted octanol–water partition coefficient (Wildman–Crippen LogP) is 2.53. The fraction of sp³-hybridized carbons (Fsp3) is 0.400. The molecule has 0 bridgehead atoms. The second-order valence-electron chi connectivity index (χ2n) is 5.43. The van der Waals surface area contributed by atoms with E-state index in [0.29, 0.717) is 18.9 Å². The number of benzene rings is 1. The molecular formula is C15H18BrN3O2. The van der Waals surface area contributed by atoms with Gasteiger partial charge in [-0.25, -0.2) is 0 Å². The number of nitrogens with one attached hydrogen (secondary N) is 1. The lowest BCUT2D eigenvalue weighted by Gasteiger charge is -2.37. The maximum absolute atomic E-state index is 9.80. The largest absolute Gasteiger partial charge is 0.398 e. The van der Waals surface area contributed by atoms with E-state index in [4.69, 9.17) is 10.5 Å². The quantitative estimate of drug-likeness (QED) is 0.740. The lowest BCUT2D eigenvalue weighted by molar-refractivity contribution is 0.0380. The van der Waals surface area contributed by atoms with Crippen molar-refractivity contribution in [1.82, 2.24) is 4.98 Å². The van der Waals surface area contributed by atoms with Crippen LogP contribution in [0.5, 0.6) is 0 Å². The second-order valence-corrected chi connectivity index (χ2v) is 6.34. The van der Waals surface area contributed by atoms with E-state index in [1.807, 2.05) is 18.2 Å². The minimum absolute atomic E-state index is 0.0682. The van der Waals surface area contributed by atoms with Crippen molar-refractivity contribution in [2.24, 2.45) is 0 Å². The third kappa shape index (κ3) is 2.84. The third-order valence-corrected chi connectivity index (χ3v) is 4.44. The molecule has 0 unspecified atom stereocenters. The first-order valence-corrected chi connectivity index (χ1v) is 7.73. The minimum atomic E-state index is -0.351. The van der Waals surface area contributed by atoms with Crippen LogP contribution in [-0.2, 0) is 4.74 Å². The molecule has 6 heteroatoms. The summed E-state index contributed by atoms with van der Waals surface area (Å²) < 4.78 is 6.28. The van der Waals surface area contributed by atoms with Gasteiger partial charge in [-0.3, -0.25) is 4.98 Å². The third-order valence-electron chi connectivity index (χ3n) is 4.00. The Kier molecular flexibility index (Phi) is 4.01. The standard InChI is InChI=1S/C15H18BrN3O2/c16-10-7-11-12(17)1-2-13(14(11)18-8-10)19-15(9-20)3-5-21-6-4-15/h1-2,7-8,19-20H,3-6,9,17H2. The molecule has 2 aromatic rings. The average molecular weight is 352 g/mol. The van der Waals surface area contributed by atoms with Crippen molar-refractivity contribution in [3.05, 3.63) is 28.9 Å². The summed E-state index contributed by atoms with van der Waals surface area (Å²) in [5.41, 5.74) is 8.08. The van der Waals surface area contributed by atoms with Crippen LogP contribution in [0.3, 0.4) is 0 Å². The molecule has 1 aromatic carbocycles. The molecule has 112 valence electrons. The zero-order chi connectivity index (χ0) is 14.9. The molecule has 0 amide bonds. The van der Waals surface area contributed by atoms with Crippen LogP contribution in [-0.4, -0.2) is 35.5 Å². The number of nitrogen functional groups attached to an aromatic ring is 1. The molecule has 1 aliphatic heterocycles. The van der Waals surface area contributed by atoms with Gasteiger partial charge in [0.25, 0.3) is 0 Å². The van der Waals surface area contributed by atoms with Crippen molar-refractivity contribution in [2.45, 2.75) is 18.4 Å². The number of fused-ring (bicyclic) bond motifs is 1. The van der Waals surface area contributed by atoms with Gasteiger partial charge in [0.15, 0.2) is 0 Å². The summed E-state index contributed by atoms with van der Waals surface area (Å²) >= 11 is 3.42. The highest BCUT2D eigenvalue weighted by molar-refractivity contribution is 9.10. The second kappa shape index (κ2) is 5.79. The summed E-state index contributed by atoms with van der Waals surface area (Å²) in [4.78, 5) is 4.47. The van der Waals surface area contributed by atoms with Gasteiger partial charge < -0.3 is 20.9 Å². The van der Waals surface area contributed by atoms with Gasteiger partial charge in [-0.1, -0.05) is 0 Å². The predicted molar refractivity (Wildman–Crippen MR) is 87.3 cm³/mol. The van der Waals surface area contributed by atoms with Gasteiger partial charge >= 0.3 is 0 Å². The number of anilines is 2. The molecule has 4 N–H and O–H groups in total. The normalized spacial score (nSPS) is 17.8. The summed E-state index contributed by atoms with van der Waals surface area (Å²) in [5, 5.41) is 14.2. The van der Waals surface area contributed by atoms with Gasteiger partial charge in [0.1, 0.15) is 0 Å². The van der Waals surface area contributed by atoms with Gasteiger partial charge in [-0.2, -0.15) is 0 Å². The number of aliphatic hydroxyl groups is 1. The smallest absolute Gasteiger partial charge is 0.0954 e. The maximum atomic E-state index is 9.80. The Balaban J connectivity index is 2.02. The summed E-state index contributed by atoms with van der Waals surface area (Å²) in [7, 11) is 0. The Bertz CT molecular complexity index is 657. The van der Waals surface area contributed by atoms with Crippen LogP contribution in [0.1, 0.15) is 12.8 Å². The van der Waals surface area contributed by atoms with E-state index in [0.717, 1.165) is 33.9 Å². The number of nitrogens with two attached hydrogens (primary N) is 1. The van der Waals surface area contributed by atoms with Crippen LogP contribution in [0, 0.1) is 0 Å². The Morgan fingerprint density at radius 1 is 1.38 bits per heavy atom. The first kappa shape index (κ1) is 14.6. The van der Waals surface area contributed by atoms with Crippen LogP contribution in [0.15, 0.2) is 28.9 Å². The zero-order valence-corrected chi connectivity index (χ0v) is 13.2. The van der Waals surface area contributed by atoms with Crippen LogP contribution in [0.4, 0.5) is 11.4 Å². The number of rotatable bonds is 3. The fourth-order valence-corrected chi connectivity index (χ4v) is 3.02. The molecule has 1 aromatic heterocycles. The van der Waals surface area contributed by atoms with Crippen molar-refractivity contribution in [1.29, 1.82) is 0 Å². The van der Waals surface area contributed by atoms with E-state index in [9.17, 15) is 5.11 Å². The number of hydrogen-bond acceptors (Lipinski definition) is 5. The van der Waals surface area contributed by atoms with Crippen molar-refractivity contribution < 1.29 is 9.84 Å². The van der Waals surface area contributed by atoms with Crippen LogP contribution in [0.2, 0.25) is 0 Å². The van der Waals surface area contributed by atoms with Gasteiger partial charge in [0.2, 0.25) is 0 Å². The number of halogens is 1. The van der Waals surface area contributed by atoms with E-state index >= 15 is 0 Å². The van der Waals surface area contributed by atoms with Gasteiger partial charge in [0, 0.05) is 35.0 Å². The topological polar surface area (TPSA) is 80.4 Å².